The van der Waals surface area contributed by atoms with Crippen molar-refractivity contribution in [2.75, 3.05) is 7.11 Å². The van der Waals surface area contributed by atoms with E-state index in [9.17, 15) is 9.59 Å². The molecule has 0 saturated heterocycles. The number of rotatable bonds is 4. The van der Waals surface area contributed by atoms with Crippen molar-refractivity contribution in [1.29, 1.82) is 0 Å². The van der Waals surface area contributed by atoms with Crippen molar-refractivity contribution in [3.8, 4) is 0 Å². The van der Waals surface area contributed by atoms with E-state index in [0.717, 1.165) is 24.8 Å². The third kappa shape index (κ3) is 2.89. The zero-order valence-corrected chi connectivity index (χ0v) is 12.6. The van der Waals surface area contributed by atoms with Gasteiger partial charge in [0.05, 0.1) is 13.0 Å². The van der Waals surface area contributed by atoms with Gasteiger partial charge in [-0.05, 0) is 48.8 Å². The Bertz CT molecular complexity index is 585. The molecule has 2 fully saturated rings. The number of amides is 1. The molecule has 2 saturated carbocycles. The highest BCUT2D eigenvalue weighted by atomic mass is 16.5. The molecule has 0 aliphatic heterocycles. The molecule has 2 aliphatic rings. The van der Waals surface area contributed by atoms with E-state index < -0.39 is 0 Å². The molecule has 3 rings (SSSR count). The molecule has 1 aromatic heterocycles. The van der Waals surface area contributed by atoms with Crippen LogP contribution in [-0.4, -0.2) is 30.0 Å². The summed E-state index contributed by atoms with van der Waals surface area (Å²) in [7, 11) is 1.41. The van der Waals surface area contributed by atoms with Crippen molar-refractivity contribution in [2.45, 2.75) is 25.3 Å². The van der Waals surface area contributed by atoms with Crippen molar-refractivity contribution in [3.05, 3.63) is 36.2 Å². The molecule has 2 aliphatic carbocycles. The number of carbonyl (C=O) groups is 2. The smallest absolute Gasteiger partial charge is 0.311 e. The standard InChI is InChI=1S/C17H20N2O3/c1-22-17(21)15-12-5-6-13(9-12)16(15)19-14(20)7-4-11-3-2-8-18-10-11/h2-4,7-8,10,12-13,15-16H,5-6,9H2,1H3,(H,19,20). The Kier molecular flexibility index (Phi) is 4.22. The fourth-order valence-electron chi connectivity index (χ4n) is 3.83. The van der Waals surface area contributed by atoms with Crippen molar-refractivity contribution < 1.29 is 14.3 Å². The molecule has 0 radical (unpaired) electrons. The molecule has 22 heavy (non-hydrogen) atoms. The highest BCUT2D eigenvalue weighted by Gasteiger charge is 2.51. The summed E-state index contributed by atoms with van der Waals surface area (Å²) in [4.78, 5) is 28.1. The predicted molar refractivity (Wildman–Crippen MR) is 81.5 cm³/mol. The number of carbonyl (C=O) groups excluding carboxylic acids is 2. The lowest BCUT2D eigenvalue weighted by molar-refractivity contribution is -0.148. The monoisotopic (exact) mass is 300 g/mol. The number of hydrogen-bond acceptors (Lipinski definition) is 4. The first-order valence-corrected chi connectivity index (χ1v) is 7.65. The summed E-state index contributed by atoms with van der Waals surface area (Å²) in [5, 5.41) is 3.00. The summed E-state index contributed by atoms with van der Waals surface area (Å²) >= 11 is 0. The molecule has 4 unspecified atom stereocenters. The van der Waals surface area contributed by atoms with E-state index in [0.29, 0.717) is 11.8 Å². The molecule has 1 heterocycles. The lowest BCUT2D eigenvalue weighted by Gasteiger charge is -2.29. The van der Waals surface area contributed by atoms with Crippen molar-refractivity contribution in [3.63, 3.8) is 0 Å². The Morgan fingerprint density at radius 2 is 2.18 bits per heavy atom. The van der Waals surface area contributed by atoms with Gasteiger partial charge in [0.1, 0.15) is 0 Å². The zero-order chi connectivity index (χ0) is 15.5. The molecule has 0 spiro atoms. The molecular weight excluding hydrogens is 280 g/mol. The first-order chi connectivity index (χ1) is 10.7. The van der Waals surface area contributed by atoms with Crippen LogP contribution in [0.4, 0.5) is 0 Å². The van der Waals surface area contributed by atoms with Crippen LogP contribution in [0.1, 0.15) is 24.8 Å². The minimum absolute atomic E-state index is 0.0998. The third-order valence-corrected chi connectivity index (χ3v) is 4.81. The zero-order valence-electron chi connectivity index (χ0n) is 12.6. The van der Waals surface area contributed by atoms with Gasteiger partial charge in [0, 0.05) is 24.5 Å². The molecule has 1 amide bonds. The average molecular weight is 300 g/mol. The minimum atomic E-state index is -0.200. The maximum atomic E-state index is 12.1. The Morgan fingerprint density at radius 3 is 2.91 bits per heavy atom. The number of fused-ring (bicyclic) bond motifs is 2. The lowest BCUT2D eigenvalue weighted by atomic mass is 9.84. The normalized spacial score (nSPS) is 29.7. The van der Waals surface area contributed by atoms with Gasteiger partial charge in [-0.3, -0.25) is 14.6 Å². The van der Waals surface area contributed by atoms with Crippen LogP contribution < -0.4 is 5.32 Å². The van der Waals surface area contributed by atoms with Crippen LogP contribution in [0.3, 0.4) is 0 Å². The van der Waals surface area contributed by atoms with Crippen LogP contribution in [0.5, 0.6) is 0 Å². The van der Waals surface area contributed by atoms with E-state index in [1.54, 1.807) is 18.5 Å². The SMILES string of the molecule is COC(=O)C1C2CCC(C2)C1NC(=O)C=Cc1cccnc1. The fraction of sp³-hybridized carbons (Fsp3) is 0.471. The van der Waals surface area contributed by atoms with Gasteiger partial charge < -0.3 is 10.1 Å². The van der Waals surface area contributed by atoms with Gasteiger partial charge in [-0.2, -0.15) is 0 Å². The lowest BCUT2D eigenvalue weighted by Crippen LogP contribution is -2.46. The third-order valence-electron chi connectivity index (χ3n) is 4.81. The van der Waals surface area contributed by atoms with Gasteiger partial charge in [0.25, 0.3) is 0 Å². The van der Waals surface area contributed by atoms with Crippen molar-refractivity contribution >= 4 is 18.0 Å². The van der Waals surface area contributed by atoms with E-state index in [1.165, 1.54) is 13.2 Å². The molecule has 1 N–H and O–H groups in total. The van der Waals surface area contributed by atoms with Gasteiger partial charge in [-0.15, -0.1) is 0 Å². The number of aromatic nitrogens is 1. The maximum Gasteiger partial charge on any atom is 0.311 e. The van der Waals surface area contributed by atoms with E-state index in [-0.39, 0.29) is 23.8 Å². The Balaban J connectivity index is 1.65. The average Bonchev–Trinajstić information content (AvgIpc) is 3.14. The van der Waals surface area contributed by atoms with Crippen LogP contribution in [0.15, 0.2) is 30.6 Å². The van der Waals surface area contributed by atoms with E-state index in [2.05, 4.69) is 10.3 Å². The molecule has 5 heteroatoms. The largest absolute Gasteiger partial charge is 0.469 e. The number of hydrogen-bond donors (Lipinski definition) is 1. The quantitative estimate of drug-likeness (QED) is 0.680. The van der Waals surface area contributed by atoms with E-state index in [1.807, 2.05) is 12.1 Å². The molecular formula is C17H20N2O3. The molecule has 2 bridgehead atoms. The number of methoxy groups -OCH3 is 1. The second-order valence-electron chi connectivity index (χ2n) is 6.04. The van der Waals surface area contributed by atoms with Crippen LogP contribution in [0.25, 0.3) is 6.08 Å². The van der Waals surface area contributed by atoms with Gasteiger partial charge in [0.2, 0.25) is 5.91 Å². The van der Waals surface area contributed by atoms with E-state index in [4.69, 9.17) is 4.74 Å². The Labute approximate surface area is 129 Å². The summed E-state index contributed by atoms with van der Waals surface area (Å²) in [6, 6.07) is 3.60. The predicted octanol–water partition coefficient (Wildman–Crippen LogP) is 1.80. The summed E-state index contributed by atoms with van der Waals surface area (Å²) in [5.41, 5.74) is 0.870. The van der Waals surface area contributed by atoms with Gasteiger partial charge in [0.15, 0.2) is 0 Å². The summed E-state index contributed by atoms with van der Waals surface area (Å²) in [6.45, 7) is 0. The van der Waals surface area contributed by atoms with Crippen LogP contribution in [0.2, 0.25) is 0 Å². The molecule has 5 nitrogen and oxygen atoms in total. The topological polar surface area (TPSA) is 68.3 Å². The summed E-state index contributed by atoms with van der Waals surface area (Å²) in [5.74, 6) is 0.179. The Hall–Kier alpha value is -2.17. The van der Waals surface area contributed by atoms with Crippen molar-refractivity contribution in [2.24, 2.45) is 17.8 Å². The number of esters is 1. The van der Waals surface area contributed by atoms with Gasteiger partial charge >= 0.3 is 5.97 Å². The van der Waals surface area contributed by atoms with Gasteiger partial charge in [-0.25, -0.2) is 0 Å². The van der Waals surface area contributed by atoms with Crippen LogP contribution in [0, 0.1) is 17.8 Å². The number of ether oxygens (including phenoxy) is 1. The van der Waals surface area contributed by atoms with Crippen LogP contribution in [-0.2, 0) is 14.3 Å². The summed E-state index contributed by atoms with van der Waals surface area (Å²) < 4.78 is 4.91. The van der Waals surface area contributed by atoms with Gasteiger partial charge in [-0.1, -0.05) is 6.07 Å². The number of pyridine rings is 1. The highest BCUT2D eigenvalue weighted by Crippen LogP contribution is 2.48. The fourth-order valence-corrected chi connectivity index (χ4v) is 3.83. The highest BCUT2D eigenvalue weighted by molar-refractivity contribution is 5.92. The number of nitrogens with one attached hydrogen (secondary N) is 1. The Morgan fingerprint density at radius 1 is 1.36 bits per heavy atom. The summed E-state index contributed by atoms with van der Waals surface area (Å²) in [6.07, 6.45) is 9.75. The second kappa shape index (κ2) is 6.30. The molecule has 0 aromatic carbocycles. The molecule has 116 valence electrons. The maximum absolute atomic E-state index is 12.1. The first kappa shape index (κ1) is 14.8. The molecule has 4 atom stereocenters. The second-order valence-corrected chi connectivity index (χ2v) is 6.04. The van der Waals surface area contributed by atoms with Crippen LogP contribution >= 0.6 is 0 Å². The molecule has 1 aromatic rings. The number of nitrogens with zero attached hydrogens (tertiary/aromatic N) is 1. The van der Waals surface area contributed by atoms with Crippen molar-refractivity contribution in [1.82, 2.24) is 10.3 Å². The minimum Gasteiger partial charge on any atom is -0.469 e. The van der Waals surface area contributed by atoms with E-state index >= 15 is 0 Å². The first-order valence-electron chi connectivity index (χ1n) is 7.65.